The van der Waals surface area contributed by atoms with E-state index in [1.165, 1.54) is 12.0 Å². The monoisotopic (exact) mass is 274 g/mol. The first-order valence-corrected chi connectivity index (χ1v) is 7.58. The molecule has 2 N–H and O–H groups in total. The molecule has 1 aromatic carbocycles. The second-order valence-corrected chi connectivity index (χ2v) is 5.69. The lowest BCUT2D eigenvalue weighted by atomic mass is 10.0. The van der Waals surface area contributed by atoms with Gasteiger partial charge in [0.1, 0.15) is 5.75 Å². The molecule has 0 spiro atoms. The van der Waals surface area contributed by atoms with E-state index in [9.17, 15) is 4.79 Å². The highest BCUT2D eigenvalue weighted by Crippen LogP contribution is 2.33. The smallest absolute Gasteiger partial charge is 0.224 e. The van der Waals surface area contributed by atoms with E-state index in [0.29, 0.717) is 12.3 Å². The van der Waals surface area contributed by atoms with Gasteiger partial charge in [0.15, 0.2) is 0 Å². The van der Waals surface area contributed by atoms with E-state index in [2.05, 4.69) is 16.7 Å². The number of para-hydroxylation sites is 1. The minimum Gasteiger partial charge on any atom is -0.491 e. The van der Waals surface area contributed by atoms with Gasteiger partial charge in [0.2, 0.25) is 5.91 Å². The summed E-state index contributed by atoms with van der Waals surface area (Å²) in [5.74, 6) is 1.62. The van der Waals surface area contributed by atoms with E-state index in [1.807, 2.05) is 12.1 Å². The van der Waals surface area contributed by atoms with Crippen LogP contribution in [0.2, 0.25) is 0 Å². The summed E-state index contributed by atoms with van der Waals surface area (Å²) in [6.07, 6.45) is 4.84. The minimum atomic E-state index is 0.0967. The molecule has 1 aromatic rings. The van der Waals surface area contributed by atoms with Crippen LogP contribution in [-0.4, -0.2) is 25.6 Å². The van der Waals surface area contributed by atoms with Gasteiger partial charge in [-0.05, 0) is 56.3 Å². The quantitative estimate of drug-likeness (QED) is 0.886. The van der Waals surface area contributed by atoms with Gasteiger partial charge >= 0.3 is 0 Å². The summed E-state index contributed by atoms with van der Waals surface area (Å²) in [6.45, 7) is 2.89. The van der Waals surface area contributed by atoms with E-state index < -0.39 is 0 Å². The van der Waals surface area contributed by atoms with E-state index in [1.54, 1.807) is 0 Å². The Bertz CT molecular complexity index is 481. The van der Waals surface area contributed by atoms with Crippen LogP contribution in [0.1, 0.15) is 31.2 Å². The van der Waals surface area contributed by atoms with Gasteiger partial charge in [-0.15, -0.1) is 0 Å². The Morgan fingerprint density at radius 3 is 3.25 bits per heavy atom. The number of hydrogen-bond donors (Lipinski definition) is 2. The first-order chi connectivity index (χ1) is 9.83. The molecule has 2 heterocycles. The largest absolute Gasteiger partial charge is 0.491 e. The van der Waals surface area contributed by atoms with Gasteiger partial charge in [-0.2, -0.15) is 0 Å². The SMILES string of the molecule is O=C(CC[C@@H]1CCNC1)Nc1cccc2c1OCCC2. The molecule has 108 valence electrons. The Morgan fingerprint density at radius 1 is 1.45 bits per heavy atom. The second kappa shape index (κ2) is 6.27. The van der Waals surface area contributed by atoms with Crippen LogP contribution in [0.3, 0.4) is 0 Å². The molecule has 20 heavy (non-hydrogen) atoms. The van der Waals surface area contributed by atoms with Gasteiger partial charge in [0.05, 0.1) is 12.3 Å². The first-order valence-electron chi connectivity index (χ1n) is 7.58. The average molecular weight is 274 g/mol. The lowest BCUT2D eigenvalue weighted by Gasteiger charge is -2.20. The molecule has 1 fully saturated rings. The van der Waals surface area contributed by atoms with Crippen LogP contribution in [0.4, 0.5) is 5.69 Å². The zero-order valence-corrected chi connectivity index (χ0v) is 11.8. The molecular formula is C16H22N2O2. The highest BCUT2D eigenvalue weighted by Gasteiger charge is 2.18. The number of aryl methyl sites for hydroxylation is 1. The minimum absolute atomic E-state index is 0.0967. The molecule has 1 amide bonds. The summed E-state index contributed by atoms with van der Waals surface area (Å²) in [5, 5.41) is 6.34. The number of carbonyl (C=O) groups is 1. The first kappa shape index (κ1) is 13.4. The van der Waals surface area contributed by atoms with Gasteiger partial charge in [-0.1, -0.05) is 12.1 Å². The topological polar surface area (TPSA) is 50.4 Å². The van der Waals surface area contributed by atoms with Crippen molar-refractivity contribution in [3.8, 4) is 5.75 Å². The predicted molar refractivity (Wildman–Crippen MR) is 79.1 cm³/mol. The third kappa shape index (κ3) is 3.12. The van der Waals surface area contributed by atoms with E-state index >= 15 is 0 Å². The van der Waals surface area contributed by atoms with Gasteiger partial charge < -0.3 is 15.4 Å². The van der Waals surface area contributed by atoms with Crippen LogP contribution in [0.15, 0.2) is 18.2 Å². The fourth-order valence-electron chi connectivity index (χ4n) is 3.00. The Hall–Kier alpha value is -1.55. The average Bonchev–Trinajstić information content (AvgIpc) is 2.99. The van der Waals surface area contributed by atoms with Gasteiger partial charge in [-0.3, -0.25) is 4.79 Å². The molecule has 1 saturated heterocycles. The predicted octanol–water partition coefficient (Wildman–Crippen LogP) is 2.34. The molecule has 2 aliphatic rings. The van der Waals surface area contributed by atoms with Crippen LogP contribution >= 0.6 is 0 Å². The van der Waals surface area contributed by atoms with Crippen molar-refractivity contribution in [3.05, 3.63) is 23.8 Å². The van der Waals surface area contributed by atoms with E-state index in [0.717, 1.165) is 50.4 Å². The highest BCUT2D eigenvalue weighted by molar-refractivity contribution is 5.92. The van der Waals surface area contributed by atoms with Crippen LogP contribution in [0.5, 0.6) is 5.75 Å². The molecule has 0 aromatic heterocycles. The molecule has 0 bridgehead atoms. The number of hydrogen-bond acceptors (Lipinski definition) is 3. The number of rotatable bonds is 4. The molecule has 1 atom stereocenters. The summed E-state index contributed by atoms with van der Waals surface area (Å²) in [4.78, 5) is 12.1. The Kier molecular flexibility index (Phi) is 4.21. The lowest BCUT2D eigenvalue weighted by Crippen LogP contribution is -2.17. The summed E-state index contributed by atoms with van der Waals surface area (Å²) in [7, 11) is 0. The summed E-state index contributed by atoms with van der Waals surface area (Å²) in [5.41, 5.74) is 2.03. The lowest BCUT2D eigenvalue weighted by molar-refractivity contribution is -0.116. The van der Waals surface area contributed by atoms with E-state index in [-0.39, 0.29) is 5.91 Å². The molecule has 4 heteroatoms. The van der Waals surface area contributed by atoms with Crippen LogP contribution in [-0.2, 0) is 11.2 Å². The number of carbonyl (C=O) groups excluding carboxylic acids is 1. The maximum absolute atomic E-state index is 12.1. The van der Waals surface area contributed by atoms with Crippen molar-refractivity contribution >= 4 is 11.6 Å². The standard InChI is InChI=1S/C16H22N2O2/c19-15(7-6-12-8-9-17-11-12)18-14-5-1-3-13-4-2-10-20-16(13)14/h1,3,5,12,17H,2,4,6-11H2,(H,18,19)/t12-/m1/s1. The molecule has 0 saturated carbocycles. The third-order valence-electron chi connectivity index (χ3n) is 4.15. The van der Waals surface area contributed by atoms with Crippen molar-refractivity contribution < 1.29 is 9.53 Å². The third-order valence-corrected chi connectivity index (χ3v) is 4.15. The van der Waals surface area contributed by atoms with Crippen molar-refractivity contribution in [3.63, 3.8) is 0 Å². The van der Waals surface area contributed by atoms with Crippen LogP contribution < -0.4 is 15.4 Å². The molecular weight excluding hydrogens is 252 g/mol. The molecule has 3 rings (SSSR count). The number of benzene rings is 1. The highest BCUT2D eigenvalue weighted by atomic mass is 16.5. The van der Waals surface area contributed by atoms with Gasteiger partial charge in [0, 0.05) is 6.42 Å². The second-order valence-electron chi connectivity index (χ2n) is 5.69. The fraction of sp³-hybridized carbons (Fsp3) is 0.562. The number of ether oxygens (including phenoxy) is 1. The van der Waals surface area contributed by atoms with Crippen molar-refractivity contribution in [2.45, 2.75) is 32.1 Å². The van der Waals surface area contributed by atoms with Gasteiger partial charge in [-0.25, -0.2) is 0 Å². The molecule has 2 aliphatic heterocycles. The molecule has 0 radical (unpaired) electrons. The Morgan fingerprint density at radius 2 is 2.40 bits per heavy atom. The maximum Gasteiger partial charge on any atom is 0.224 e. The zero-order chi connectivity index (χ0) is 13.8. The van der Waals surface area contributed by atoms with Crippen molar-refractivity contribution in [1.82, 2.24) is 5.32 Å². The van der Waals surface area contributed by atoms with Gasteiger partial charge in [0.25, 0.3) is 0 Å². The van der Waals surface area contributed by atoms with Crippen molar-refractivity contribution in [1.29, 1.82) is 0 Å². The van der Waals surface area contributed by atoms with E-state index in [4.69, 9.17) is 4.74 Å². The molecule has 4 nitrogen and oxygen atoms in total. The molecule has 0 aliphatic carbocycles. The Balaban J connectivity index is 1.58. The number of anilines is 1. The Labute approximate surface area is 119 Å². The van der Waals surface area contributed by atoms with Crippen molar-refractivity contribution in [2.75, 3.05) is 25.0 Å². The summed E-state index contributed by atoms with van der Waals surface area (Å²) in [6, 6.07) is 6.00. The number of nitrogens with one attached hydrogen (secondary N) is 2. The van der Waals surface area contributed by atoms with Crippen molar-refractivity contribution in [2.24, 2.45) is 5.92 Å². The summed E-state index contributed by atoms with van der Waals surface area (Å²) >= 11 is 0. The fourth-order valence-corrected chi connectivity index (χ4v) is 3.00. The van der Waals surface area contributed by atoms with Crippen LogP contribution in [0, 0.1) is 5.92 Å². The number of fused-ring (bicyclic) bond motifs is 1. The maximum atomic E-state index is 12.1. The van der Waals surface area contributed by atoms with Crippen LogP contribution in [0.25, 0.3) is 0 Å². The molecule has 0 unspecified atom stereocenters. The zero-order valence-electron chi connectivity index (χ0n) is 11.8. The summed E-state index contributed by atoms with van der Waals surface area (Å²) < 4.78 is 5.71. The normalized spacial score (nSPS) is 21.1. The number of amides is 1.